The molecule has 178 valence electrons. The van der Waals surface area contributed by atoms with E-state index in [1.54, 1.807) is 4.90 Å². The van der Waals surface area contributed by atoms with Crippen LogP contribution >= 0.6 is 11.3 Å². The summed E-state index contributed by atoms with van der Waals surface area (Å²) >= 11 is 1.38. The minimum atomic E-state index is -0.773. The van der Waals surface area contributed by atoms with Gasteiger partial charge in [0.25, 0.3) is 5.91 Å². The highest BCUT2D eigenvalue weighted by molar-refractivity contribution is 7.13. The number of benzene rings is 2. The first-order valence-corrected chi connectivity index (χ1v) is 13.0. The molecule has 1 aromatic heterocycles. The second-order valence-corrected chi connectivity index (χ2v) is 10.2. The van der Waals surface area contributed by atoms with E-state index in [1.807, 2.05) is 68.4 Å². The van der Waals surface area contributed by atoms with Gasteiger partial charge in [0, 0.05) is 11.7 Å². The van der Waals surface area contributed by atoms with E-state index in [4.69, 9.17) is 0 Å². The first-order valence-electron chi connectivity index (χ1n) is 12.2. The molecule has 1 saturated carbocycles. The second kappa shape index (κ2) is 11.0. The lowest BCUT2D eigenvalue weighted by atomic mass is 9.94. The van der Waals surface area contributed by atoms with E-state index in [0.29, 0.717) is 10.6 Å². The molecule has 0 aliphatic heterocycles. The largest absolute Gasteiger partial charge is 0.351 e. The number of nitrogens with one attached hydrogen (secondary N) is 1. The Bertz CT molecular complexity index is 1140. The van der Waals surface area contributed by atoms with Gasteiger partial charge in [-0.1, -0.05) is 74.7 Å². The molecule has 34 heavy (non-hydrogen) atoms. The van der Waals surface area contributed by atoms with Gasteiger partial charge in [-0.15, -0.1) is 11.3 Å². The quantitative estimate of drug-likeness (QED) is 0.445. The Kier molecular flexibility index (Phi) is 7.78. The molecule has 4 rings (SSSR count). The minimum Gasteiger partial charge on any atom is -0.351 e. The summed E-state index contributed by atoms with van der Waals surface area (Å²) in [4.78, 5) is 34.9. The Balaban J connectivity index is 1.84. The molecule has 0 bridgehead atoms. The van der Waals surface area contributed by atoms with Gasteiger partial charge in [-0.3, -0.25) is 14.5 Å². The van der Waals surface area contributed by atoms with Crippen LogP contribution in [0.2, 0.25) is 0 Å². The highest BCUT2D eigenvalue weighted by Gasteiger charge is 2.36. The molecule has 3 aromatic rings. The third-order valence-corrected chi connectivity index (χ3v) is 7.58. The van der Waals surface area contributed by atoms with E-state index in [1.165, 1.54) is 17.8 Å². The summed E-state index contributed by atoms with van der Waals surface area (Å²) in [5.41, 5.74) is 3.30. The van der Waals surface area contributed by atoms with E-state index in [-0.39, 0.29) is 17.9 Å². The van der Waals surface area contributed by atoms with Crippen molar-refractivity contribution in [2.75, 3.05) is 4.90 Å². The van der Waals surface area contributed by atoms with Crippen LogP contribution in [0.1, 0.15) is 76.6 Å². The molecule has 1 unspecified atom stereocenters. The van der Waals surface area contributed by atoms with Crippen LogP contribution in [0.15, 0.2) is 54.6 Å². The molecular formula is C28H33N3O2S. The molecule has 1 N–H and O–H groups in total. The molecule has 1 atom stereocenters. The summed E-state index contributed by atoms with van der Waals surface area (Å²) in [5, 5.41) is 4.13. The van der Waals surface area contributed by atoms with Crippen molar-refractivity contribution in [2.45, 2.75) is 71.4 Å². The van der Waals surface area contributed by atoms with Gasteiger partial charge < -0.3 is 5.32 Å². The predicted molar refractivity (Wildman–Crippen MR) is 138 cm³/mol. The van der Waals surface area contributed by atoms with Crippen LogP contribution in [0.3, 0.4) is 0 Å². The molecule has 1 aliphatic carbocycles. The van der Waals surface area contributed by atoms with Crippen LogP contribution in [0.25, 0.3) is 0 Å². The monoisotopic (exact) mass is 475 g/mol. The Morgan fingerprint density at radius 1 is 1.03 bits per heavy atom. The number of anilines is 1. The standard InChI is InChI=1S/C28H33N3O2S/c1-4-21-13-11-12-18-24(21)31(28(33)26-19(2)29-20(3)34-26)25(22-14-7-5-8-15-22)27(32)30-23-16-9-6-10-17-23/h5,7-8,11-15,18,23,25H,4,6,9-10,16-17H2,1-3H3,(H,30,32). The van der Waals surface area contributed by atoms with Crippen molar-refractivity contribution < 1.29 is 9.59 Å². The number of aromatic nitrogens is 1. The first-order chi connectivity index (χ1) is 16.5. The van der Waals surface area contributed by atoms with Crippen LogP contribution < -0.4 is 10.2 Å². The number of carbonyl (C=O) groups is 2. The minimum absolute atomic E-state index is 0.128. The van der Waals surface area contributed by atoms with Crippen molar-refractivity contribution in [3.05, 3.63) is 81.3 Å². The molecule has 0 spiro atoms. The van der Waals surface area contributed by atoms with Crippen molar-refractivity contribution >= 4 is 28.8 Å². The van der Waals surface area contributed by atoms with Crippen LogP contribution in [0.5, 0.6) is 0 Å². The molecule has 2 aromatic carbocycles. The maximum atomic E-state index is 14.2. The van der Waals surface area contributed by atoms with Gasteiger partial charge in [-0.25, -0.2) is 4.98 Å². The highest BCUT2D eigenvalue weighted by Crippen LogP contribution is 2.34. The summed E-state index contributed by atoms with van der Waals surface area (Å²) in [6.45, 7) is 5.84. The Morgan fingerprint density at radius 3 is 2.35 bits per heavy atom. The number of hydrogen-bond acceptors (Lipinski definition) is 4. The third-order valence-electron chi connectivity index (χ3n) is 6.52. The van der Waals surface area contributed by atoms with Crippen LogP contribution in [0, 0.1) is 13.8 Å². The Hall–Kier alpha value is -2.99. The number of aryl methyl sites for hydroxylation is 3. The van der Waals surface area contributed by atoms with Crippen molar-refractivity contribution in [2.24, 2.45) is 0 Å². The predicted octanol–water partition coefficient (Wildman–Crippen LogP) is 6.16. The van der Waals surface area contributed by atoms with Gasteiger partial charge in [-0.05, 0) is 50.3 Å². The maximum absolute atomic E-state index is 14.2. The number of nitrogens with zero attached hydrogens (tertiary/aromatic N) is 2. The summed E-state index contributed by atoms with van der Waals surface area (Å²) in [6.07, 6.45) is 6.20. The summed E-state index contributed by atoms with van der Waals surface area (Å²) in [7, 11) is 0. The number of rotatable bonds is 7. The lowest BCUT2D eigenvalue weighted by Gasteiger charge is -2.34. The number of para-hydroxylation sites is 1. The van der Waals surface area contributed by atoms with Crippen LogP contribution in [0.4, 0.5) is 5.69 Å². The Labute approximate surface area is 206 Å². The third kappa shape index (κ3) is 5.22. The van der Waals surface area contributed by atoms with E-state index in [0.717, 1.165) is 53.9 Å². The molecule has 0 saturated heterocycles. The van der Waals surface area contributed by atoms with Gasteiger partial charge in [0.2, 0.25) is 5.91 Å². The fraction of sp³-hybridized carbons (Fsp3) is 0.393. The lowest BCUT2D eigenvalue weighted by Crippen LogP contribution is -2.47. The van der Waals surface area contributed by atoms with Gasteiger partial charge in [0.1, 0.15) is 10.9 Å². The van der Waals surface area contributed by atoms with Gasteiger partial charge >= 0.3 is 0 Å². The SMILES string of the molecule is CCc1ccccc1N(C(=O)c1sc(C)nc1C)C(C(=O)NC1CCCCC1)c1ccccc1. The van der Waals surface area contributed by atoms with E-state index >= 15 is 0 Å². The topological polar surface area (TPSA) is 62.3 Å². The molecule has 6 heteroatoms. The van der Waals surface area contributed by atoms with Crippen molar-refractivity contribution in [3.63, 3.8) is 0 Å². The smallest absolute Gasteiger partial charge is 0.271 e. The molecule has 1 fully saturated rings. The normalized spacial score (nSPS) is 15.0. The molecule has 0 radical (unpaired) electrons. The Morgan fingerprint density at radius 2 is 1.71 bits per heavy atom. The number of carbonyl (C=O) groups excluding carboxylic acids is 2. The average Bonchev–Trinajstić information content (AvgIpc) is 3.20. The summed E-state index contributed by atoms with van der Waals surface area (Å²) < 4.78 is 0. The van der Waals surface area contributed by atoms with E-state index < -0.39 is 6.04 Å². The molecule has 2 amide bonds. The highest BCUT2D eigenvalue weighted by atomic mass is 32.1. The molecular weight excluding hydrogens is 442 g/mol. The second-order valence-electron chi connectivity index (χ2n) is 8.96. The van der Waals surface area contributed by atoms with Gasteiger partial charge in [0.15, 0.2) is 0 Å². The van der Waals surface area contributed by atoms with E-state index in [9.17, 15) is 9.59 Å². The van der Waals surface area contributed by atoms with Gasteiger partial charge in [0.05, 0.1) is 10.7 Å². The average molecular weight is 476 g/mol. The van der Waals surface area contributed by atoms with E-state index in [2.05, 4.69) is 17.2 Å². The zero-order chi connectivity index (χ0) is 24.1. The van der Waals surface area contributed by atoms with Crippen LogP contribution in [-0.2, 0) is 11.2 Å². The summed E-state index contributed by atoms with van der Waals surface area (Å²) in [6, 6.07) is 16.9. The van der Waals surface area contributed by atoms with Crippen LogP contribution in [-0.4, -0.2) is 22.8 Å². The maximum Gasteiger partial charge on any atom is 0.271 e. The number of thiazole rings is 1. The summed E-state index contributed by atoms with van der Waals surface area (Å²) in [5.74, 6) is -0.312. The molecule has 1 heterocycles. The van der Waals surface area contributed by atoms with Crippen molar-refractivity contribution in [1.29, 1.82) is 0 Å². The number of hydrogen-bond donors (Lipinski definition) is 1. The molecule has 1 aliphatic rings. The zero-order valence-electron chi connectivity index (χ0n) is 20.2. The van der Waals surface area contributed by atoms with Gasteiger partial charge in [-0.2, -0.15) is 0 Å². The fourth-order valence-electron chi connectivity index (χ4n) is 4.83. The fourth-order valence-corrected chi connectivity index (χ4v) is 5.69. The first kappa shape index (κ1) is 24.1. The lowest BCUT2D eigenvalue weighted by molar-refractivity contribution is -0.123. The van der Waals surface area contributed by atoms with Crippen molar-refractivity contribution in [1.82, 2.24) is 10.3 Å². The number of amides is 2. The molecule has 5 nitrogen and oxygen atoms in total. The zero-order valence-corrected chi connectivity index (χ0v) is 21.0. The van der Waals surface area contributed by atoms with Crippen molar-refractivity contribution in [3.8, 4) is 0 Å².